The molecule has 2 aromatic rings. The fraction of sp³-hybridized carbons (Fsp3) is 0.143. The smallest absolute Gasteiger partial charge is 0.310 e. The van der Waals surface area contributed by atoms with E-state index in [4.69, 9.17) is 9.47 Å². The first-order valence-corrected chi connectivity index (χ1v) is 6.26. The maximum Gasteiger partial charge on any atom is 0.310 e. The summed E-state index contributed by atoms with van der Waals surface area (Å²) in [4.78, 5) is 25.9. The molecule has 0 aliphatic heterocycles. The summed E-state index contributed by atoms with van der Waals surface area (Å²) in [6.45, 7) is -0.350. The second kappa shape index (κ2) is 7.02. The maximum atomic E-state index is 11.8. The van der Waals surface area contributed by atoms with Gasteiger partial charge in [0.1, 0.15) is 0 Å². The molecule has 0 radical (unpaired) electrons. The SMILES string of the molecule is COc1ccc(NC(=O)COc2ccccc2[N+](=O)[O-])cn1. The van der Waals surface area contributed by atoms with Crippen LogP contribution in [-0.4, -0.2) is 29.5 Å². The van der Waals surface area contributed by atoms with Crippen LogP contribution in [0.3, 0.4) is 0 Å². The van der Waals surface area contributed by atoms with Crippen molar-refractivity contribution in [3.8, 4) is 11.6 Å². The van der Waals surface area contributed by atoms with Crippen molar-refractivity contribution in [3.63, 3.8) is 0 Å². The molecule has 1 aromatic carbocycles. The lowest BCUT2D eigenvalue weighted by molar-refractivity contribution is -0.385. The van der Waals surface area contributed by atoms with Gasteiger partial charge in [0.2, 0.25) is 5.88 Å². The van der Waals surface area contributed by atoms with E-state index in [1.807, 2.05) is 0 Å². The molecule has 22 heavy (non-hydrogen) atoms. The van der Waals surface area contributed by atoms with Gasteiger partial charge in [-0.2, -0.15) is 0 Å². The van der Waals surface area contributed by atoms with Crippen molar-refractivity contribution in [2.45, 2.75) is 0 Å². The van der Waals surface area contributed by atoms with Crippen LogP contribution in [0.15, 0.2) is 42.6 Å². The molecule has 0 aliphatic carbocycles. The van der Waals surface area contributed by atoms with Gasteiger partial charge in [-0.25, -0.2) is 4.98 Å². The third kappa shape index (κ3) is 3.92. The zero-order valence-electron chi connectivity index (χ0n) is 11.7. The Morgan fingerprint density at radius 1 is 1.32 bits per heavy atom. The molecule has 0 spiro atoms. The number of rotatable bonds is 6. The molecular weight excluding hydrogens is 290 g/mol. The Balaban J connectivity index is 1.94. The minimum absolute atomic E-state index is 0.0375. The van der Waals surface area contributed by atoms with Gasteiger partial charge in [0.15, 0.2) is 12.4 Å². The fourth-order valence-corrected chi connectivity index (χ4v) is 1.65. The van der Waals surface area contributed by atoms with Crippen LogP contribution in [0.5, 0.6) is 11.6 Å². The number of nitro benzene ring substituents is 1. The van der Waals surface area contributed by atoms with E-state index in [2.05, 4.69) is 10.3 Å². The Labute approximate surface area is 125 Å². The topological polar surface area (TPSA) is 104 Å². The lowest BCUT2D eigenvalue weighted by atomic mass is 10.3. The zero-order valence-corrected chi connectivity index (χ0v) is 11.7. The zero-order chi connectivity index (χ0) is 15.9. The van der Waals surface area contributed by atoms with E-state index in [1.54, 1.807) is 18.2 Å². The number of nitrogens with zero attached hydrogens (tertiary/aromatic N) is 2. The van der Waals surface area contributed by atoms with Crippen molar-refractivity contribution in [2.24, 2.45) is 0 Å². The van der Waals surface area contributed by atoms with E-state index in [1.165, 1.54) is 31.5 Å². The highest BCUT2D eigenvalue weighted by molar-refractivity contribution is 5.91. The van der Waals surface area contributed by atoms with Crippen LogP contribution >= 0.6 is 0 Å². The highest BCUT2D eigenvalue weighted by Gasteiger charge is 2.14. The molecule has 1 amide bonds. The number of anilines is 1. The van der Waals surface area contributed by atoms with Gasteiger partial charge in [-0.15, -0.1) is 0 Å². The molecular formula is C14H13N3O5. The largest absolute Gasteiger partial charge is 0.481 e. The average molecular weight is 303 g/mol. The number of methoxy groups -OCH3 is 1. The summed E-state index contributed by atoms with van der Waals surface area (Å²) in [5.41, 5.74) is 0.276. The van der Waals surface area contributed by atoms with Crippen LogP contribution in [0.2, 0.25) is 0 Å². The summed E-state index contributed by atoms with van der Waals surface area (Å²) in [7, 11) is 1.49. The van der Waals surface area contributed by atoms with Crippen molar-refractivity contribution >= 4 is 17.3 Å². The predicted molar refractivity (Wildman–Crippen MR) is 78.0 cm³/mol. The number of nitro groups is 1. The molecule has 0 saturated heterocycles. The van der Waals surface area contributed by atoms with E-state index in [-0.39, 0.29) is 18.0 Å². The summed E-state index contributed by atoms with van der Waals surface area (Å²) in [6.07, 6.45) is 1.43. The number of amides is 1. The standard InChI is InChI=1S/C14H13N3O5/c1-21-14-7-6-10(8-15-14)16-13(18)9-22-12-5-3-2-4-11(12)17(19)20/h2-8H,9H2,1H3,(H,16,18). The molecule has 0 bridgehead atoms. The highest BCUT2D eigenvalue weighted by Crippen LogP contribution is 2.25. The average Bonchev–Trinajstić information content (AvgIpc) is 2.54. The predicted octanol–water partition coefficient (Wildman–Crippen LogP) is 2.02. The molecule has 1 N–H and O–H groups in total. The van der Waals surface area contributed by atoms with Gasteiger partial charge in [0, 0.05) is 12.1 Å². The Hall–Kier alpha value is -3.16. The molecule has 114 valence electrons. The lowest BCUT2D eigenvalue weighted by Gasteiger charge is -2.08. The number of carbonyl (C=O) groups excluding carboxylic acids is 1. The van der Waals surface area contributed by atoms with Crippen LogP contribution in [0, 0.1) is 10.1 Å². The van der Waals surface area contributed by atoms with E-state index < -0.39 is 10.8 Å². The monoisotopic (exact) mass is 303 g/mol. The van der Waals surface area contributed by atoms with E-state index in [9.17, 15) is 14.9 Å². The van der Waals surface area contributed by atoms with Gasteiger partial charge in [-0.1, -0.05) is 12.1 Å². The van der Waals surface area contributed by atoms with E-state index >= 15 is 0 Å². The van der Waals surface area contributed by atoms with Gasteiger partial charge in [0.25, 0.3) is 5.91 Å². The molecule has 1 heterocycles. The highest BCUT2D eigenvalue weighted by atomic mass is 16.6. The number of para-hydroxylation sites is 2. The summed E-state index contributed by atoms with van der Waals surface area (Å²) >= 11 is 0. The molecule has 8 heteroatoms. The molecule has 0 aliphatic rings. The summed E-state index contributed by atoms with van der Waals surface area (Å²) in [6, 6.07) is 9.07. The van der Waals surface area contributed by atoms with Crippen LogP contribution in [0.25, 0.3) is 0 Å². The Morgan fingerprint density at radius 3 is 2.73 bits per heavy atom. The van der Waals surface area contributed by atoms with Crippen LogP contribution in [-0.2, 0) is 4.79 Å². The van der Waals surface area contributed by atoms with Crippen molar-refractivity contribution in [1.82, 2.24) is 4.98 Å². The number of nitrogens with one attached hydrogen (secondary N) is 1. The molecule has 8 nitrogen and oxygen atoms in total. The second-order valence-electron chi connectivity index (χ2n) is 4.15. The molecule has 1 aromatic heterocycles. The van der Waals surface area contributed by atoms with Gasteiger partial charge in [-0.05, 0) is 12.1 Å². The number of benzene rings is 1. The number of pyridine rings is 1. The van der Waals surface area contributed by atoms with Crippen molar-refractivity contribution in [2.75, 3.05) is 19.0 Å². The molecule has 0 saturated carbocycles. The quantitative estimate of drug-likeness (QED) is 0.646. The number of carbonyl (C=O) groups is 1. The number of hydrogen-bond acceptors (Lipinski definition) is 6. The van der Waals surface area contributed by atoms with Crippen molar-refractivity contribution in [3.05, 3.63) is 52.7 Å². The number of aromatic nitrogens is 1. The summed E-state index contributed by atoms with van der Waals surface area (Å²) < 4.78 is 10.1. The Bertz CT molecular complexity index is 672. The number of ether oxygens (including phenoxy) is 2. The van der Waals surface area contributed by atoms with Gasteiger partial charge in [0.05, 0.1) is 23.9 Å². The van der Waals surface area contributed by atoms with E-state index in [0.29, 0.717) is 11.6 Å². The van der Waals surface area contributed by atoms with E-state index in [0.717, 1.165) is 0 Å². The second-order valence-corrected chi connectivity index (χ2v) is 4.15. The van der Waals surface area contributed by atoms with Crippen LogP contribution in [0.4, 0.5) is 11.4 Å². The summed E-state index contributed by atoms with van der Waals surface area (Å²) in [5.74, 6) is 0.00906. The molecule has 0 atom stereocenters. The molecule has 0 unspecified atom stereocenters. The first-order chi connectivity index (χ1) is 10.6. The number of hydrogen-bond donors (Lipinski definition) is 1. The van der Waals surface area contributed by atoms with Gasteiger partial charge in [-0.3, -0.25) is 14.9 Å². The van der Waals surface area contributed by atoms with Crippen molar-refractivity contribution < 1.29 is 19.2 Å². The van der Waals surface area contributed by atoms with Crippen molar-refractivity contribution in [1.29, 1.82) is 0 Å². The minimum atomic E-state index is -0.569. The molecule has 2 rings (SSSR count). The van der Waals surface area contributed by atoms with Crippen LogP contribution in [0.1, 0.15) is 0 Å². The van der Waals surface area contributed by atoms with Crippen LogP contribution < -0.4 is 14.8 Å². The Morgan fingerprint density at radius 2 is 2.09 bits per heavy atom. The fourth-order valence-electron chi connectivity index (χ4n) is 1.65. The van der Waals surface area contributed by atoms with Gasteiger partial charge < -0.3 is 14.8 Å². The lowest BCUT2D eigenvalue weighted by Crippen LogP contribution is -2.20. The Kier molecular flexibility index (Phi) is 4.86. The summed E-state index contributed by atoms with van der Waals surface area (Å²) in [5, 5.41) is 13.4. The first kappa shape index (κ1) is 15.2. The first-order valence-electron chi connectivity index (χ1n) is 6.26. The maximum absolute atomic E-state index is 11.8. The molecule has 0 fully saturated rings. The van der Waals surface area contributed by atoms with Gasteiger partial charge >= 0.3 is 5.69 Å². The normalized spacial score (nSPS) is 9.86. The third-order valence-corrected chi connectivity index (χ3v) is 2.65. The third-order valence-electron chi connectivity index (χ3n) is 2.65. The minimum Gasteiger partial charge on any atom is -0.481 e.